The zero-order valence-corrected chi connectivity index (χ0v) is 23.7. The van der Waals surface area contributed by atoms with Crippen LogP contribution in [-0.2, 0) is 19.1 Å². The maximum absolute atomic E-state index is 13.3. The zero-order valence-electron chi connectivity index (χ0n) is 23.7. The molecule has 0 saturated carbocycles. The lowest BCUT2D eigenvalue weighted by Crippen LogP contribution is -2.25. The highest BCUT2D eigenvalue weighted by Gasteiger charge is 2.21. The van der Waals surface area contributed by atoms with Crippen molar-refractivity contribution in [2.24, 2.45) is 5.92 Å². The van der Waals surface area contributed by atoms with Crippen LogP contribution in [0.2, 0.25) is 0 Å². The van der Waals surface area contributed by atoms with Gasteiger partial charge in [0, 0.05) is 22.0 Å². The second-order valence-electron chi connectivity index (χ2n) is 9.88. The van der Waals surface area contributed by atoms with Crippen LogP contribution < -0.4 is 10.4 Å². The lowest BCUT2D eigenvalue weighted by molar-refractivity contribution is -0.138. The molecule has 0 aliphatic rings. The number of hydrogen-bond acceptors (Lipinski definition) is 7. The minimum atomic E-state index is -0.710. The van der Waals surface area contributed by atoms with Gasteiger partial charge in [0.2, 0.25) is 0 Å². The number of nitriles is 2. The van der Waals surface area contributed by atoms with E-state index < -0.39 is 11.9 Å². The number of carbonyl (C=O) groups excluding carboxylic acids is 2. The van der Waals surface area contributed by atoms with E-state index in [0.29, 0.717) is 32.1 Å². The summed E-state index contributed by atoms with van der Waals surface area (Å²) in [6.07, 6.45) is 9.26. The van der Waals surface area contributed by atoms with Crippen molar-refractivity contribution in [3.63, 3.8) is 0 Å². The van der Waals surface area contributed by atoms with Crippen LogP contribution in [0.15, 0.2) is 42.6 Å². The highest BCUT2D eigenvalue weighted by molar-refractivity contribution is 6.22. The Morgan fingerprint density at radius 1 is 0.800 bits per heavy atom. The summed E-state index contributed by atoms with van der Waals surface area (Å²) in [4.78, 5) is 30.9. The first-order chi connectivity index (χ1) is 19.5. The number of rotatable bonds is 13. The molecule has 7 nitrogen and oxygen atoms in total. The Morgan fingerprint density at radius 3 is 2.08 bits per heavy atom. The number of hydrogen-bond donors (Lipinski definition) is 0. The van der Waals surface area contributed by atoms with Gasteiger partial charge in [-0.05, 0) is 35.6 Å². The normalized spacial score (nSPS) is 13.2. The van der Waals surface area contributed by atoms with Crippen molar-refractivity contribution in [1.82, 2.24) is 4.98 Å². The van der Waals surface area contributed by atoms with Crippen LogP contribution in [0.1, 0.15) is 72.1 Å². The molecule has 0 saturated heterocycles. The Hall–Kier alpha value is -4.23. The maximum atomic E-state index is 13.3. The molecule has 3 rings (SSSR count). The van der Waals surface area contributed by atoms with Crippen molar-refractivity contribution in [1.29, 1.82) is 10.5 Å². The largest absolute Gasteiger partial charge is 0.462 e. The number of carbonyl (C=O) groups is 2. The van der Waals surface area contributed by atoms with Crippen molar-refractivity contribution in [2.75, 3.05) is 13.2 Å². The number of benzene rings is 2. The second kappa shape index (κ2) is 15.4. The smallest absolute Gasteiger partial charge is 0.349 e. The molecule has 208 valence electrons. The summed E-state index contributed by atoms with van der Waals surface area (Å²) in [5.74, 6) is -1.19. The number of ether oxygens (including phenoxy) is 2. The Labute approximate surface area is 235 Å². The third-order valence-corrected chi connectivity index (χ3v) is 7.14. The molecule has 3 aromatic rings. The molecule has 0 radical (unpaired) electrons. The van der Waals surface area contributed by atoms with E-state index in [0.717, 1.165) is 51.4 Å². The average molecular weight is 540 g/mol. The van der Waals surface area contributed by atoms with Gasteiger partial charge in [0.25, 0.3) is 0 Å². The van der Waals surface area contributed by atoms with Gasteiger partial charge in [-0.2, -0.15) is 10.5 Å². The van der Waals surface area contributed by atoms with Crippen LogP contribution >= 0.6 is 0 Å². The molecular weight excluding hydrogens is 502 g/mol. The van der Waals surface area contributed by atoms with E-state index in [9.17, 15) is 20.1 Å². The number of fused-ring (bicyclic) bond motifs is 2. The molecule has 1 unspecified atom stereocenters. The molecular formula is C33H37N3O4. The van der Waals surface area contributed by atoms with Crippen molar-refractivity contribution in [2.45, 2.75) is 72.1 Å². The first kappa shape index (κ1) is 30.3. The number of nitrogens with zero attached hydrogens (tertiary/aromatic N) is 3. The first-order valence-electron chi connectivity index (χ1n) is 14.2. The number of aromatic nitrogens is 1. The topological polar surface area (TPSA) is 113 Å². The Balaban J connectivity index is 2.24. The fourth-order valence-electron chi connectivity index (χ4n) is 4.86. The van der Waals surface area contributed by atoms with Crippen LogP contribution in [0.25, 0.3) is 32.8 Å². The van der Waals surface area contributed by atoms with Gasteiger partial charge in [-0.1, -0.05) is 89.6 Å². The fraction of sp³-hybridized carbons (Fsp3) is 0.424. The molecule has 0 amide bonds. The molecule has 2 aromatic carbocycles. The molecule has 7 heteroatoms. The lowest BCUT2D eigenvalue weighted by Gasteiger charge is -2.15. The predicted molar refractivity (Wildman–Crippen MR) is 156 cm³/mol. The SMILES string of the molecule is CCCCCCOC(=O)/C(C#N)=c1/c2ccccc2/c(=C(/C#N)C(=O)OCC(CC)CCCC)c2ncccc12. The van der Waals surface area contributed by atoms with Crippen molar-refractivity contribution in [3.8, 4) is 12.1 Å². The van der Waals surface area contributed by atoms with E-state index in [4.69, 9.17) is 9.47 Å². The highest BCUT2D eigenvalue weighted by Crippen LogP contribution is 2.18. The average Bonchev–Trinajstić information content (AvgIpc) is 2.98. The quantitative estimate of drug-likeness (QED) is 0.157. The van der Waals surface area contributed by atoms with Crippen LogP contribution in [0.5, 0.6) is 0 Å². The summed E-state index contributed by atoms with van der Waals surface area (Å²) in [5, 5.41) is 22.5. The molecule has 1 aromatic heterocycles. The molecule has 1 atom stereocenters. The van der Waals surface area contributed by atoms with Gasteiger partial charge in [-0.3, -0.25) is 4.98 Å². The van der Waals surface area contributed by atoms with Crippen molar-refractivity contribution in [3.05, 3.63) is 53.0 Å². The minimum absolute atomic E-state index is 0.140. The summed E-state index contributed by atoms with van der Waals surface area (Å²) in [6.45, 7) is 6.75. The minimum Gasteiger partial charge on any atom is -0.462 e. The van der Waals surface area contributed by atoms with Gasteiger partial charge in [0.05, 0.1) is 18.7 Å². The summed E-state index contributed by atoms with van der Waals surface area (Å²) in [5.41, 5.74) is 0.0408. The van der Waals surface area contributed by atoms with E-state index in [-0.39, 0.29) is 30.3 Å². The van der Waals surface area contributed by atoms with E-state index in [1.165, 1.54) is 0 Å². The standard InChI is InChI=1S/C33H37N3O4/c1-4-7-9-12-19-39-32(37)27(20-34)29-24-15-10-11-16-25(24)30(31-26(29)17-13-18-36-31)28(21-35)33(38)40-22-23(6-3)14-8-5-2/h10-11,13,15-18,23H,4-9,12,14,19,22H2,1-3H3/b29-27-,30-28+. The number of pyridine rings is 1. The van der Waals surface area contributed by atoms with Gasteiger partial charge in [-0.15, -0.1) is 0 Å². The van der Waals surface area contributed by atoms with Crippen LogP contribution in [0.4, 0.5) is 0 Å². The molecule has 0 spiro atoms. The maximum Gasteiger partial charge on any atom is 0.349 e. The molecule has 1 heterocycles. The first-order valence-corrected chi connectivity index (χ1v) is 14.2. The number of unbranched alkanes of at least 4 members (excludes halogenated alkanes) is 4. The summed E-state index contributed by atoms with van der Waals surface area (Å²) in [7, 11) is 0. The summed E-state index contributed by atoms with van der Waals surface area (Å²) < 4.78 is 11.1. The summed E-state index contributed by atoms with van der Waals surface area (Å²) in [6, 6.07) is 14.6. The monoisotopic (exact) mass is 539 g/mol. The van der Waals surface area contributed by atoms with E-state index >= 15 is 0 Å². The zero-order chi connectivity index (χ0) is 28.9. The van der Waals surface area contributed by atoms with Crippen LogP contribution in [0, 0.1) is 28.6 Å². The van der Waals surface area contributed by atoms with Crippen molar-refractivity contribution < 1.29 is 19.1 Å². The summed E-state index contributed by atoms with van der Waals surface area (Å²) >= 11 is 0. The molecule has 40 heavy (non-hydrogen) atoms. The van der Waals surface area contributed by atoms with Crippen LogP contribution in [-0.4, -0.2) is 30.1 Å². The Kier molecular flexibility index (Phi) is 11.7. The number of esters is 2. The highest BCUT2D eigenvalue weighted by atomic mass is 16.5. The predicted octanol–water partition coefficient (Wildman–Crippen LogP) is 5.62. The molecule has 0 aliphatic heterocycles. The fourth-order valence-corrected chi connectivity index (χ4v) is 4.86. The molecule has 0 aliphatic carbocycles. The van der Waals surface area contributed by atoms with Gasteiger partial charge in [0.15, 0.2) is 0 Å². The van der Waals surface area contributed by atoms with Crippen molar-refractivity contribution >= 4 is 44.8 Å². The van der Waals surface area contributed by atoms with Gasteiger partial charge < -0.3 is 9.47 Å². The molecule has 0 N–H and O–H groups in total. The van der Waals surface area contributed by atoms with Crippen LogP contribution in [0.3, 0.4) is 0 Å². The van der Waals surface area contributed by atoms with E-state index in [2.05, 4.69) is 31.8 Å². The third kappa shape index (κ3) is 7.04. The second-order valence-corrected chi connectivity index (χ2v) is 9.88. The van der Waals surface area contributed by atoms with Gasteiger partial charge >= 0.3 is 11.9 Å². The van der Waals surface area contributed by atoms with E-state index in [1.807, 2.05) is 6.07 Å². The Morgan fingerprint density at radius 2 is 1.43 bits per heavy atom. The van der Waals surface area contributed by atoms with E-state index in [1.54, 1.807) is 42.6 Å². The molecule has 0 fully saturated rings. The molecule has 0 bridgehead atoms. The third-order valence-electron chi connectivity index (χ3n) is 7.14. The van der Waals surface area contributed by atoms with Gasteiger partial charge in [0.1, 0.15) is 23.3 Å². The lowest BCUT2D eigenvalue weighted by atomic mass is 9.96. The van der Waals surface area contributed by atoms with Gasteiger partial charge in [-0.25, -0.2) is 9.59 Å². The Bertz CT molecular complexity index is 1500.